The highest BCUT2D eigenvalue weighted by Crippen LogP contribution is 2.37. The molecule has 1 amide bonds. The smallest absolute Gasteiger partial charge is 0.271 e. The van der Waals surface area contributed by atoms with E-state index in [1.54, 1.807) is 36.4 Å². The highest BCUT2D eigenvalue weighted by atomic mass is 35.5. The average molecular weight is 545 g/mol. The Labute approximate surface area is 232 Å². The summed E-state index contributed by atoms with van der Waals surface area (Å²) in [7, 11) is 1.54. The van der Waals surface area contributed by atoms with Crippen LogP contribution in [0.1, 0.15) is 28.4 Å². The van der Waals surface area contributed by atoms with E-state index in [-0.39, 0.29) is 0 Å². The van der Waals surface area contributed by atoms with E-state index in [0.717, 1.165) is 16.3 Å². The second-order valence-corrected chi connectivity index (χ2v) is 8.76. The quantitative estimate of drug-likeness (QED) is 0.120. The molecule has 39 heavy (non-hydrogen) atoms. The summed E-state index contributed by atoms with van der Waals surface area (Å²) in [6, 6.07) is 22.5. The molecule has 8 heteroatoms. The van der Waals surface area contributed by atoms with E-state index in [0.29, 0.717) is 59.0 Å². The highest BCUT2D eigenvalue weighted by molar-refractivity contribution is 6.32. The summed E-state index contributed by atoms with van der Waals surface area (Å²) in [5, 5.41) is 6.68. The molecule has 0 radical (unpaired) electrons. The van der Waals surface area contributed by atoms with Crippen molar-refractivity contribution in [1.29, 1.82) is 0 Å². The highest BCUT2D eigenvalue weighted by Gasteiger charge is 2.14. The van der Waals surface area contributed by atoms with Gasteiger partial charge >= 0.3 is 0 Å². The van der Waals surface area contributed by atoms with Crippen molar-refractivity contribution >= 4 is 34.5 Å². The fraction of sp³-hybridized carbons (Fsp3) is 0.161. The predicted molar refractivity (Wildman–Crippen MR) is 155 cm³/mol. The summed E-state index contributed by atoms with van der Waals surface area (Å²) in [6.45, 7) is 6.57. The minimum atomic E-state index is -0.407. The first-order valence-electron chi connectivity index (χ1n) is 12.3. The van der Waals surface area contributed by atoms with E-state index in [9.17, 15) is 4.79 Å². The van der Waals surface area contributed by atoms with E-state index < -0.39 is 5.91 Å². The number of hydrazone groups is 1. The van der Waals surface area contributed by atoms with Crippen LogP contribution in [0.15, 0.2) is 90.6 Å². The molecule has 4 aromatic rings. The van der Waals surface area contributed by atoms with Gasteiger partial charge in [0.25, 0.3) is 5.91 Å². The molecule has 4 rings (SSSR count). The second kappa shape index (κ2) is 13.3. The van der Waals surface area contributed by atoms with Gasteiger partial charge in [0, 0.05) is 5.56 Å². The molecule has 0 heterocycles. The standard InChI is InChI=1S/C31H29ClN2O5/c1-4-15-38-27-14-13-23(18-28(27)37-5-2)31(35)34-33-19-21-16-26(32)30(29(17-21)36-3)39-20-24-11-8-10-22-9-6-7-12-25(22)24/h4,6-14,16-19H,1,5,15,20H2,2-3H3,(H,34,35)/b33-19+. The Morgan fingerprint density at radius 1 is 0.974 bits per heavy atom. The summed E-state index contributed by atoms with van der Waals surface area (Å²) in [5.74, 6) is 1.46. The maximum Gasteiger partial charge on any atom is 0.271 e. The summed E-state index contributed by atoms with van der Waals surface area (Å²) in [4.78, 5) is 12.7. The predicted octanol–water partition coefficient (Wildman–Crippen LogP) is 6.81. The minimum absolute atomic E-state index is 0.322. The van der Waals surface area contributed by atoms with E-state index >= 15 is 0 Å². The zero-order valence-corrected chi connectivity index (χ0v) is 22.5. The number of methoxy groups -OCH3 is 1. The van der Waals surface area contributed by atoms with Crippen molar-refractivity contribution < 1.29 is 23.7 Å². The molecule has 0 saturated heterocycles. The SMILES string of the molecule is C=CCOc1ccc(C(=O)N/N=C/c2cc(Cl)c(OCc3cccc4ccccc34)c(OC)c2)cc1OCC. The zero-order valence-electron chi connectivity index (χ0n) is 21.8. The molecule has 0 aliphatic rings. The number of carbonyl (C=O) groups is 1. The largest absolute Gasteiger partial charge is 0.493 e. The van der Waals surface area contributed by atoms with Crippen LogP contribution < -0.4 is 24.4 Å². The number of ether oxygens (including phenoxy) is 4. The first-order valence-corrected chi connectivity index (χ1v) is 12.7. The van der Waals surface area contributed by atoms with Crippen molar-refractivity contribution in [3.05, 3.63) is 107 Å². The van der Waals surface area contributed by atoms with Gasteiger partial charge in [-0.25, -0.2) is 5.43 Å². The normalized spacial score (nSPS) is 10.8. The lowest BCUT2D eigenvalue weighted by Gasteiger charge is -2.14. The van der Waals surface area contributed by atoms with Gasteiger partial charge in [-0.05, 0) is 59.2 Å². The van der Waals surface area contributed by atoms with Crippen LogP contribution in [0.5, 0.6) is 23.0 Å². The molecule has 0 aliphatic carbocycles. The first kappa shape index (κ1) is 27.5. The molecule has 0 unspecified atom stereocenters. The number of fused-ring (bicyclic) bond motifs is 1. The number of nitrogens with one attached hydrogen (secondary N) is 1. The molecule has 0 aliphatic heterocycles. The third-order valence-electron chi connectivity index (χ3n) is 5.75. The molecule has 200 valence electrons. The first-order chi connectivity index (χ1) is 19.0. The third-order valence-corrected chi connectivity index (χ3v) is 6.03. The molecule has 0 bridgehead atoms. The van der Waals surface area contributed by atoms with Crippen molar-refractivity contribution in [3.8, 4) is 23.0 Å². The van der Waals surface area contributed by atoms with E-state index in [2.05, 4.69) is 35.3 Å². The number of halogens is 1. The molecule has 7 nitrogen and oxygen atoms in total. The van der Waals surface area contributed by atoms with Crippen molar-refractivity contribution in [2.24, 2.45) is 5.10 Å². The Kier molecular flexibility index (Phi) is 9.43. The lowest BCUT2D eigenvalue weighted by Crippen LogP contribution is -2.17. The van der Waals surface area contributed by atoms with Crippen LogP contribution in [0, 0.1) is 0 Å². The summed E-state index contributed by atoms with van der Waals surface area (Å²) in [5.41, 5.74) is 4.54. The van der Waals surface area contributed by atoms with Gasteiger partial charge in [-0.1, -0.05) is 66.7 Å². The molecule has 0 aromatic heterocycles. The molecule has 0 spiro atoms. The lowest BCUT2D eigenvalue weighted by atomic mass is 10.1. The number of hydrogen-bond acceptors (Lipinski definition) is 6. The number of nitrogens with zero attached hydrogens (tertiary/aromatic N) is 1. The van der Waals surface area contributed by atoms with Gasteiger partial charge < -0.3 is 18.9 Å². The van der Waals surface area contributed by atoms with Crippen LogP contribution in [-0.2, 0) is 6.61 Å². The van der Waals surface area contributed by atoms with E-state index in [4.69, 9.17) is 30.5 Å². The number of hydrogen-bond donors (Lipinski definition) is 1. The molecule has 0 atom stereocenters. The van der Waals surface area contributed by atoms with Gasteiger partial charge in [0.15, 0.2) is 23.0 Å². The van der Waals surface area contributed by atoms with E-state index in [1.807, 2.05) is 31.2 Å². The Hall–Kier alpha value is -4.49. The van der Waals surface area contributed by atoms with Crippen LogP contribution in [0.4, 0.5) is 0 Å². The summed E-state index contributed by atoms with van der Waals surface area (Å²) < 4.78 is 22.8. The lowest BCUT2D eigenvalue weighted by molar-refractivity contribution is 0.0954. The van der Waals surface area contributed by atoms with Crippen molar-refractivity contribution in [2.75, 3.05) is 20.3 Å². The Morgan fingerprint density at radius 3 is 2.59 bits per heavy atom. The minimum Gasteiger partial charge on any atom is -0.493 e. The number of benzene rings is 4. The molecular formula is C31H29ClN2O5. The number of amides is 1. The van der Waals surface area contributed by atoms with Gasteiger partial charge in [0.2, 0.25) is 0 Å². The second-order valence-electron chi connectivity index (χ2n) is 8.35. The molecular weight excluding hydrogens is 516 g/mol. The third kappa shape index (κ3) is 6.89. The molecule has 1 N–H and O–H groups in total. The summed E-state index contributed by atoms with van der Waals surface area (Å²) in [6.07, 6.45) is 3.11. The van der Waals surface area contributed by atoms with Gasteiger partial charge in [-0.3, -0.25) is 4.79 Å². The van der Waals surface area contributed by atoms with Crippen molar-refractivity contribution in [2.45, 2.75) is 13.5 Å². The Bertz CT molecular complexity index is 1500. The molecule has 0 saturated carbocycles. The number of carbonyl (C=O) groups excluding carboxylic acids is 1. The average Bonchev–Trinajstić information content (AvgIpc) is 2.95. The molecule has 4 aromatic carbocycles. The maximum absolute atomic E-state index is 12.7. The van der Waals surface area contributed by atoms with Crippen LogP contribution in [-0.4, -0.2) is 32.4 Å². The van der Waals surface area contributed by atoms with Gasteiger partial charge in [-0.15, -0.1) is 0 Å². The van der Waals surface area contributed by atoms with Crippen LogP contribution in [0.3, 0.4) is 0 Å². The Morgan fingerprint density at radius 2 is 1.79 bits per heavy atom. The van der Waals surface area contributed by atoms with Gasteiger partial charge in [-0.2, -0.15) is 5.10 Å². The van der Waals surface area contributed by atoms with Crippen LogP contribution in [0.2, 0.25) is 5.02 Å². The summed E-state index contributed by atoms with van der Waals surface area (Å²) >= 11 is 6.55. The van der Waals surface area contributed by atoms with Crippen LogP contribution in [0.25, 0.3) is 10.8 Å². The number of rotatable bonds is 12. The topological polar surface area (TPSA) is 78.4 Å². The zero-order chi connectivity index (χ0) is 27.6. The van der Waals surface area contributed by atoms with Crippen LogP contribution >= 0.6 is 11.6 Å². The van der Waals surface area contributed by atoms with Gasteiger partial charge in [0.05, 0.1) is 25.0 Å². The van der Waals surface area contributed by atoms with Crippen molar-refractivity contribution in [3.63, 3.8) is 0 Å². The fourth-order valence-corrected chi connectivity index (χ4v) is 4.21. The van der Waals surface area contributed by atoms with Crippen molar-refractivity contribution in [1.82, 2.24) is 5.43 Å². The maximum atomic E-state index is 12.7. The Balaban J connectivity index is 1.45. The van der Waals surface area contributed by atoms with E-state index in [1.165, 1.54) is 13.3 Å². The fourth-order valence-electron chi connectivity index (χ4n) is 3.94. The monoisotopic (exact) mass is 544 g/mol. The molecule has 0 fully saturated rings. The van der Waals surface area contributed by atoms with Gasteiger partial charge in [0.1, 0.15) is 13.2 Å².